The van der Waals surface area contributed by atoms with E-state index in [1.54, 1.807) is 14.2 Å². The lowest BCUT2D eigenvalue weighted by atomic mass is 10.0. The Bertz CT molecular complexity index is 416. The lowest BCUT2D eigenvalue weighted by molar-refractivity contribution is 0.0992. The van der Waals surface area contributed by atoms with Crippen LogP contribution in [0.3, 0.4) is 0 Å². The van der Waals surface area contributed by atoms with Crippen LogP contribution in [0, 0.1) is 13.8 Å². The minimum Gasteiger partial charge on any atom is -0.496 e. The van der Waals surface area contributed by atoms with Gasteiger partial charge < -0.3 is 10.1 Å². The zero-order valence-electron chi connectivity index (χ0n) is 9.98. The van der Waals surface area contributed by atoms with Gasteiger partial charge >= 0.3 is 0 Å². The fourth-order valence-electron chi connectivity index (χ4n) is 1.82. The number of halogens is 1. The lowest BCUT2D eigenvalue weighted by Crippen LogP contribution is -2.20. The van der Waals surface area contributed by atoms with Crippen molar-refractivity contribution in [1.29, 1.82) is 0 Å². The first-order valence-electron chi connectivity index (χ1n) is 5.04. The second-order valence-electron chi connectivity index (χ2n) is 3.66. The van der Waals surface area contributed by atoms with Gasteiger partial charge in [-0.2, -0.15) is 0 Å². The molecule has 1 aromatic rings. The number of aryl methyl sites for hydroxylation is 1. The molecule has 0 amide bonds. The molecule has 88 valence electrons. The minimum absolute atomic E-state index is 0.0603. The van der Waals surface area contributed by atoms with Crippen molar-refractivity contribution >= 4 is 21.7 Å². The van der Waals surface area contributed by atoms with Gasteiger partial charge in [0.15, 0.2) is 5.78 Å². The molecule has 0 atom stereocenters. The van der Waals surface area contributed by atoms with Crippen molar-refractivity contribution in [2.24, 2.45) is 0 Å². The number of nitrogens with one attached hydrogen (secondary N) is 1. The normalized spacial score (nSPS) is 10.3. The molecule has 16 heavy (non-hydrogen) atoms. The maximum atomic E-state index is 11.9. The van der Waals surface area contributed by atoms with E-state index in [0.717, 1.165) is 21.3 Å². The number of carbonyl (C=O) groups excluding carboxylic acids is 1. The Balaban J connectivity index is 3.33. The molecule has 0 heterocycles. The van der Waals surface area contributed by atoms with Crippen LogP contribution in [0.4, 0.5) is 0 Å². The molecule has 4 heteroatoms. The number of likely N-dealkylation sites (N-methyl/N-ethyl adjacent to an activating group) is 1. The highest BCUT2D eigenvalue weighted by Gasteiger charge is 2.17. The summed E-state index contributed by atoms with van der Waals surface area (Å²) in [7, 11) is 3.38. The third-order valence-electron chi connectivity index (χ3n) is 2.48. The Morgan fingerprint density at radius 1 is 1.50 bits per heavy atom. The third-order valence-corrected chi connectivity index (χ3v) is 3.10. The van der Waals surface area contributed by atoms with E-state index in [0.29, 0.717) is 12.1 Å². The standard InChI is InChI=1S/C12H16BrNO2/c1-7-5-9(13)11(10(15)6-14-3)8(2)12(7)16-4/h5,14H,6H2,1-4H3. The lowest BCUT2D eigenvalue weighted by Gasteiger charge is -2.14. The number of benzene rings is 1. The van der Waals surface area contributed by atoms with Crippen LogP contribution in [-0.2, 0) is 0 Å². The molecule has 0 bridgehead atoms. The Labute approximate surface area is 104 Å². The van der Waals surface area contributed by atoms with Crippen molar-refractivity contribution < 1.29 is 9.53 Å². The molecule has 0 fully saturated rings. The SMILES string of the molecule is CNCC(=O)c1c(Br)cc(C)c(OC)c1C. The second-order valence-corrected chi connectivity index (χ2v) is 4.52. The number of ether oxygens (including phenoxy) is 1. The molecule has 0 unspecified atom stereocenters. The zero-order chi connectivity index (χ0) is 12.3. The number of ketones is 1. The summed E-state index contributed by atoms with van der Waals surface area (Å²) in [5.41, 5.74) is 2.60. The molecular weight excluding hydrogens is 270 g/mol. The molecule has 1 rings (SSSR count). The smallest absolute Gasteiger partial charge is 0.178 e. The fraction of sp³-hybridized carbons (Fsp3) is 0.417. The van der Waals surface area contributed by atoms with Crippen LogP contribution in [0.1, 0.15) is 21.5 Å². The van der Waals surface area contributed by atoms with E-state index in [4.69, 9.17) is 4.74 Å². The Hall–Kier alpha value is -0.870. The maximum absolute atomic E-state index is 11.9. The fourth-order valence-corrected chi connectivity index (χ4v) is 2.68. The molecular formula is C12H16BrNO2. The van der Waals surface area contributed by atoms with Gasteiger partial charge in [0.25, 0.3) is 0 Å². The summed E-state index contributed by atoms with van der Waals surface area (Å²) in [5, 5.41) is 2.86. The minimum atomic E-state index is 0.0603. The topological polar surface area (TPSA) is 38.3 Å². The molecule has 0 saturated heterocycles. The molecule has 0 aromatic heterocycles. The monoisotopic (exact) mass is 285 g/mol. The maximum Gasteiger partial charge on any atom is 0.178 e. The summed E-state index contributed by atoms with van der Waals surface area (Å²) in [5.74, 6) is 0.841. The number of methoxy groups -OCH3 is 1. The van der Waals surface area contributed by atoms with Gasteiger partial charge in [0.1, 0.15) is 5.75 Å². The first-order valence-corrected chi connectivity index (χ1v) is 5.83. The largest absolute Gasteiger partial charge is 0.496 e. The van der Waals surface area contributed by atoms with Gasteiger partial charge in [-0.05, 0) is 32.5 Å². The van der Waals surface area contributed by atoms with Gasteiger partial charge in [-0.3, -0.25) is 4.79 Å². The van der Waals surface area contributed by atoms with E-state index in [1.807, 2.05) is 19.9 Å². The van der Waals surface area contributed by atoms with Crippen LogP contribution in [0.15, 0.2) is 10.5 Å². The molecule has 0 spiro atoms. The first kappa shape index (κ1) is 13.2. The molecule has 1 aromatic carbocycles. The highest BCUT2D eigenvalue weighted by atomic mass is 79.9. The van der Waals surface area contributed by atoms with Gasteiger partial charge in [-0.1, -0.05) is 15.9 Å². The van der Waals surface area contributed by atoms with Crippen LogP contribution in [0.5, 0.6) is 5.75 Å². The van der Waals surface area contributed by atoms with Crippen LogP contribution in [-0.4, -0.2) is 26.5 Å². The Kier molecular flexibility index (Phi) is 4.50. The molecule has 0 aliphatic heterocycles. The van der Waals surface area contributed by atoms with E-state index >= 15 is 0 Å². The Morgan fingerprint density at radius 3 is 2.62 bits per heavy atom. The van der Waals surface area contributed by atoms with Crippen LogP contribution in [0.2, 0.25) is 0 Å². The van der Waals surface area contributed by atoms with Crippen molar-refractivity contribution in [2.75, 3.05) is 20.7 Å². The molecule has 0 radical (unpaired) electrons. The molecule has 0 saturated carbocycles. The highest BCUT2D eigenvalue weighted by Crippen LogP contribution is 2.32. The van der Waals surface area contributed by atoms with Gasteiger partial charge in [0.2, 0.25) is 0 Å². The summed E-state index contributed by atoms with van der Waals surface area (Å²) < 4.78 is 6.13. The summed E-state index contributed by atoms with van der Waals surface area (Å²) in [6.07, 6.45) is 0. The predicted octanol–water partition coefficient (Wildman–Crippen LogP) is 2.48. The summed E-state index contributed by atoms with van der Waals surface area (Å²) >= 11 is 3.43. The van der Waals surface area contributed by atoms with Gasteiger partial charge in [0.05, 0.1) is 13.7 Å². The number of carbonyl (C=O) groups is 1. The quantitative estimate of drug-likeness (QED) is 0.864. The molecule has 0 aliphatic rings. The average Bonchev–Trinajstić information content (AvgIpc) is 2.17. The average molecular weight is 286 g/mol. The van der Waals surface area contributed by atoms with Gasteiger partial charge in [-0.25, -0.2) is 0 Å². The molecule has 3 nitrogen and oxygen atoms in total. The summed E-state index contributed by atoms with van der Waals surface area (Å²) in [6, 6.07) is 1.91. The van der Waals surface area contributed by atoms with E-state index in [1.165, 1.54) is 0 Å². The highest BCUT2D eigenvalue weighted by molar-refractivity contribution is 9.10. The summed E-state index contributed by atoms with van der Waals surface area (Å²) in [4.78, 5) is 11.9. The Morgan fingerprint density at radius 2 is 2.12 bits per heavy atom. The number of Topliss-reactive ketones (excluding diaryl/α,β-unsaturated/α-hetero) is 1. The first-order chi connectivity index (χ1) is 7.52. The zero-order valence-corrected chi connectivity index (χ0v) is 11.6. The van der Waals surface area contributed by atoms with Crippen molar-refractivity contribution in [3.8, 4) is 5.75 Å². The van der Waals surface area contributed by atoms with Crippen molar-refractivity contribution in [1.82, 2.24) is 5.32 Å². The van der Waals surface area contributed by atoms with E-state index in [2.05, 4.69) is 21.2 Å². The number of hydrogen-bond donors (Lipinski definition) is 1. The molecule has 1 N–H and O–H groups in total. The van der Waals surface area contributed by atoms with Crippen molar-refractivity contribution in [2.45, 2.75) is 13.8 Å². The van der Waals surface area contributed by atoms with Crippen molar-refractivity contribution in [3.05, 3.63) is 27.2 Å². The van der Waals surface area contributed by atoms with E-state index < -0.39 is 0 Å². The van der Waals surface area contributed by atoms with Crippen LogP contribution in [0.25, 0.3) is 0 Å². The van der Waals surface area contributed by atoms with E-state index in [9.17, 15) is 4.79 Å². The predicted molar refractivity (Wildman–Crippen MR) is 68.4 cm³/mol. The summed E-state index contributed by atoms with van der Waals surface area (Å²) in [6.45, 7) is 4.19. The third kappa shape index (κ3) is 2.44. The number of rotatable bonds is 4. The molecule has 0 aliphatic carbocycles. The van der Waals surface area contributed by atoms with Crippen molar-refractivity contribution in [3.63, 3.8) is 0 Å². The van der Waals surface area contributed by atoms with Gasteiger partial charge in [-0.15, -0.1) is 0 Å². The van der Waals surface area contributed by atoms with Crippen LogP contribution >= 0.6 is 15.9 Å². The second kappa shape index (κ2) is 5.46. The van der Waals surface area contributed by atoms with Crippen LogP contribution < -0.4 is 10.1 Å². The number of hydrogen-bond acceptors (Lipinski definition) is 3. The van der Waals surface area contributed by atoms with E-state index in [-0.39, 0.29) is 5.78 Å². The van der Waals surface area contributed by atoms with Gasteiger partial charge in [0, 0.05) is 15.6 Å².